The molecule has 0 N–H and O–H groups in total. The fourth-order valence-electron chi connectivity index (χ4n) is 8.33. The molecule has 4 unspecified atom stereocenters. The highest BCUT2D eigenvalue weighted by Crippen LogP contribution is 2.35. The smallest absolute Gasteiger partial charge is 0.338 e. The molecule has 2 aliphatic heterocycles. The van der Waals surface area contributed by atoms with E-state index in [9.17, 15) is 9.59 Å². The minimum atomic E-state index is -0.251. The molecule has 266 valence electrons. The molecule has 4 atom stereocenters. The third-order valence-electron chi connectivity index (χ3n) is 10.9. The molecule has 0 spiro atoms. The van der Waals surface area contributed by atoms with Gasteiger partial charge in [0.05, 0.1) is 11.1 Å². The molecule has 0 radical (unpaired) electrons. The fourth-order valence-corrected chi connectivity index (χ4v) is 8.33. The van der Waals surface area contributed by atoms with Gasteiger partial charge in [0, 0.05) is 49.9 Å². The average Bonchev–Trinajstić information content (AvgIpc) is 3.05. The Morgan fingerprint density at radius 2 is 0.812 bits per heavy atom. The molecule has 2 aromatic rings. The van der Waals surface area contributed by atoms with Gasteiger partial charge in [-0.05, 0) is 85.0 Å². The van der Waals surface area contributed by atoms with E-state index in [1.807, 2.05) is 48.5 Å². The lowest BCUT2D eigenvalue weighted by Crippen LogP contribution is -2.55. The minimum absolute atomic E-state index is 0.0752. The van der Waals surface area contributed by atoms with E-state index in [0.717, 1.165) is 62.7 Å². The molecule has 6 nitrogen and oxygen atoms in total. The Balaban J connectivity index is 1.38. The summed E-state index contributed by atoms with van der Waals surface area (Å²) in [6, 6.07) is 16.9. The predicted molar refractivity (Wildman–Crippen MR) is 197 cm³/mol. The van der Waals surface area contributed by atoms with Crippen molar-refractivity contribution in [3.63, 3.8) is 0 Å². The first-order valence-electron chi connectivity index (χ1n) is 19.0. The van der Waals surface area contributed by atoms with Gasteiger partial charge in [0.2, 0.25) is 0 Å². The molecule has 0 aliphatic carbocycles. The van der Waals surface area contributed by atoms with Crippen LogP contribution in [0.2, 0.25) is 0 Å². The topological polar surface area (TPSA) is 59.1 Å². The largest absolute Gasteiger partial charge is 0.459 e. The Hall–Kier alpha value is -2.70. The summed E-state index contributed by atoms with van der Waals surface area (Å²) < 4.78 is 12.3. The van der Waals surface area contributed by atoms with Gasteiger partial charge < -0.3 is 9.47 Å². The normalized spacial score (nSPS) is 25.6. The monoisotopic (exact) mass is 660 g/mol. The van der Waals surface area contributed by atoms with E-state index in [-0.39, 0.29) is 24.1 Å². The van der Waals surface area contributed by atoms with Crippen LogP contribution in [0.15, 0.2) is 48.5 Å². The maximum Gasteiger partial charge on any atom is 0.338 e. The SMILES string of the molecule is CCCN1C(C(C)C)CC(OC(=O)c2ccc(-c3ccc(C(=O)OC4CC(C(C)C)N(CCC)C(C(C)C)C4)cc3)cc2)CC1C(C)C. The maximum absolute atomic E-state index is 13.3. The van der Waals surface area contributed by atoms with Crippen LogP contribution in [0.4, 0.5) is 0 Å². The summed E-state index contributed by atoms with van der Waals surface area (Å²) in [6.45, 7) is 24.9. The molecule has 4 rings (SSSR count). The number of benzene rings is 2. The zero-order valence-electron chi connectivity index (χ0n) is 31.6. The van der Waals surface area contributed by atoms with Crippen molar-refractivity contribution >= 4 is 11.9 Å². The number of carbonyl (C=O) groups is 2. The van der Waals surface area contributed by atoms with E-state index in [1.54, 1.807) is 0 Å². The standard InChI is InChI=1S/C42H64N2O4/c1-11-21-43-37(27(3)4)23-35(24-38(43)28(5)6)47-41(45)33-17-13-31(14-18-33)32-15-19-34(20-16-32)42(46)48-36-25-39(29(7)8)44(22-12-2)40(26-36)30(9)10/h13-20,27-30,35-40H,11-12,21-26H2,1-10H3. The van der Waals surface area contributed by atoms with Crippen molar-refractivity contribution in [2.45, 2.75) is 144 Å². The summed E-state index contributed by atoms with van der Waals surface area (Å²) in [5.74, 6) is 1.52. The number of likely N-dealkylation sites (tertiary alicyclic amines) is 2. The van der Waals surface area contributed by atoms with Gasteiger partial charge in [0.25, 0.3) is 0 Å². The van der Waals surface area contributed by atoms with Gasteiger partial charge in [0.1, 0.15) is 12.2 Å². The fraction of sp³-hybridized carbons (Fsp3) is 0.667. The van der Waals surface area contributed by atoms with Gasteiger partial charge in [-0.1, -0.05) is 93.5 Å². The third kappa shape index (κ3) is 9.29. The van der Waals surface area contributed by atoms with Crippen LogP contribution in [0, 0.1) is 23.7 Å². The quantitative estimate of drug-likeness (QED) is 0.200. The van der Waals surface area contributed by atoms with E-state index in [1.165, 1.54) is 0 Å². The summed E-state index contributed by atoms with van der Waals surface area (Å²) in [5, 5.41) is 0. The van der Waals surface area contributed by atoms with Crippen LogP contribution in [0.5, 0.6) is 0 Å². The van der Waals surface area contributed by atoms with E-state index >= 15 is 0 Å². The summed E-state index contributed by atoms with van der Waals surface area (Å²) in [4.78, 5) is 31.9. The molecule has 2 saturated heterocycles. The Morgan fingerprint density at radius 3 is 1.04 bits per heavy atom. The van der Waals surface area contributed by atoms with Crippen molar-refractivity contribution in [1.82, 2.24) is 9.80 Å². The number of rotatable bonds is 13. The van der Waals surface area contributed by atoms with Crippen molar-refractivity contribution in [3.8, 4) is 11.1 Å². The van der Waals surface area contributed by atoms with Crippen molar-refractivity contribution in [2.75, 3.05) is 13.1 Å². The van der Waals surface area contributed by atoms with Crippen LogP contribution < -0.4 is 0 Å². The first kappa shape index (κ1) is 38.1. The second-order valence-corrected chi connectivity index (χ2v) is 15.9. The Kier molecular flexibility index (Phi) is 13.7. The van der Waals surface area contributed by atoms with Gasteiger partial charge >= 0.3 is 11.9 Å². The van der Waals surface area contributed by atoms with Gasteiger partial charge in [-0.3, -0.25) is 9.80 Å². The number of esters is 2. The molecular weight excluding hydrogens is 596 g/mol. The Bertz CT molecular complexity index is 1160. The first-order valence-corrected chi connectivity index (χ1v) is 19.0. The Labute approximate surface area is 291 Å². The number of nitrogens with zero attached hydrogens (tertiary/aromatic N) is 2. The van der Waals surface area contributed by atoms with Crippen molar-refractivity contribution in [1.29, 1.82) is 0 Å². The van der Waals surface area contributed by atoms with Gasteiger partial charge in [-0.15, -0.1) is 0 Å². The second-order valence-electron chi connectivity index (χ2n) is 15.9. The zero-order valence-corrected chi connectivity index (χ0v) is 31.6. The highest BCUT2D eigenvalue weighted by Gasteiger charge is 2.40. The average molecular weight is 661 g/mol. The number of carbonyl (C=O) groups excluding carboxylic acids is 2. The Morgan fingerprint density at radius 1 is 0.542 bits per heavy atom. The molecule has 2 fully saturated rings. The molecule has 2 aliphatic rings. The lowest BCUT2D eigenvalue weighted by atomic mass is 9.82. The number of ether oxygens (including phenoxy) is 2. The predicted octanol–water partition coefficient (Wildman–Crippen LogP) is 9.51. The molecule has 0 amide bonds. The molecule has 48 heavy (non-hydrogen) atoms. The van der Waals surface area contributed by atoms with Crippen molar-refractivity contribution in [2.24, 2.45) is 23.7 Å². The van der Waals surface area contributed by atoms with Gasteiger partial charge in [-0.2, -0.15) is 0 Å². The molecule has 6 heteroatoms. The number of hydrogen-bond donors (Lipinski definition) is 0. The molecule has 2 aromatic carbocycles. The van der Waals surface area contributed by atoms with Crippen LogP contribution in [-0.2, 0) is 9.47 Å². The summed E-state index contributed by atoms with van der Waals surface area (Å²) in [7, 11) is 0. The van der Waals surface area contributed by atoms with Gasteiger partial charge in [0.15, 0.2) is 0 Å². The van der Waals surface area contributed by atoms with E-state index in [4.69, 9.17) is 9.47 Å². The van der Waals surface area contributed by atoms with Crippen LogP contribution in [0.3, 0.4) is 0 Å². The highest BCUT2D eigenvalue weighted by atomic mass is 16.5. The van der Waals surface area contributed by atoms with E-state index in [2.05, 4.69) is 79.0 Å². The first-order chi connectivity index (χ1) is 22.8. The molecule has 0 bridgehead atoms. The van der Waals surface area contributed by atoms with E-state index in [0.29, 0.717) is 59.0 Å². The van der Waals surface area contributed by atoms with Crippen molar-refractivity contribution in [3.05, 3.63) is 59.7 Å². The molecular formula is C42H64N2O4. The summed E-state index contributed by atoms with van der Waals surface area (Å²) in [5.41, 5.74) is 3.12. The lowest BCUT2D eigenvalue weighted by Gasteiger charge is -2.48. The maximum atomic E-state index is 13.3. The minimum Gasteiger partial charge on any atom is -0.459 e. The van der Waals surface area contributed by atoms with Gasteiger partial charge in [-0.25, -0.2) is 9.59 Å². The second kappa shape index (κ2) is 17.3. The number of piperidine rings is 2. The van der Waals surface area contributed by atoms with Crippen LogP contribution >= 0.6 is 0 Å². The van der Waals surface area contributed by atoms with Crippen LogP contribution in [0.25, 0.3) is 11.1 Å². The molecule has 0 aromatic heterocycles. The summed E-state index contributed by atoms with van der Waals surface area (Å²) >= 11 is 0. The molecule has 2 heterocycles. The van der Waals surface area contributed by atoms with Crippen LogP contribution in [0.1, 0.15) is 128 Å². The number of hydrogen-bond acceptors (Lipinski definition) is 6. The van der Waals surface area contributed by atoms with E-state index < -0.39 is 0 Å². The third-order valence-corrected chi connectivity index (χ3v) is 10.9. The van der Waals surface area contributed by atoms with Crippen LogP contribution in [-0.4, -0.2) is 71.2 Å². The molecule has 0 saturated carbocycles. The lowest BCUT2D eigenvalue weighted by molar-refractivity contribution is -0.0466. The summed E-state index contributed by atoms with van der Waals surface area (Å²) in [6.07, 6.45) is 5.64. The highest BCUT2D eigenvalue weighted by molar-refractivity contribution is 5.91. The van der Waals surface area contributed by atoms with Crippen molar-refractivity contribution < 1.29 is 19.1 Å². The zero-order chi connectivity index (χ0) is 35.1.